The second-order valence-corrected chi connectivity index (χ2v) is 18.8. The van der Waals surface area contributed by atoms with E-state index in [-0.39, 0.29) is 44.7 Å². The van der Waals surface area contributed by atoms with Crippen molar-refractivity contribution < 1.29 is 57.8 Å². The Bertz CT molecular complexity index is 1930. The molecule has 1 fully saturated rings. The number of hydrogen-bond acceptors (Lipinski definition) is 13. The molecule has 1 rings (SSSR count). The van der Waals surface area contributed by atoms with Crippen molar-refractivity contribution in [1.29, 1.82) is 0 Å². The molecule has 26 nitrogen and oxygen atoms in total. The number of carbonyl (C=O) groups excluding carboxylic acids is 11. The quantitative estimate of drug-likeness (QED) is 0.0180. The van der Waals surface area contributed by atoms with Gasteiger partial charge in [-0.3, -0.25) is 57.7 Å². The van der Waals surface area contributed by atoms with E-state index in [1.54, 1.807) is 48.5 Å². The van der Waals surface area contributed by atoms with Crippen LogP contribution in [-0.2, 0) is 52.7 Å². The minimum Gasteiger partial charge on any atom is -0.391 e. The minimum absolute atomic E-state index is 0.0290. The summed E-state index contributed by atoms with van der Waals surface area (Å²) in [6.45, 7) is 15.9. The van der Waals surface area contributed by atoms with Crippen molar-refractivity contribution >= 4 is 70.9 Å². The molecule has 0 radical (unpaired) electrons. The van der Waals surface area contributed by atoms with Crippen LogP contribution in [0.5, 0.6) is 0 Å². The van der Waals surface area contributed by atoms with Crippen LogP contribution < -0.4 is 65.5 Å². The molecule has 1 aliphatic rings. The number of guanidine groups is 1. The zero-order valence-corrected chi connectivity index (χ0v) is 43.4. The summed E-state index contributed by atoms with van der Waals surface area (Å²) in [6, 6.07) is -11.4. The van der Waals surface area contributed by atoms with E-state index in [9.17, 15) is 57.8 Å². The third-order valence-electron chi connectivity index (χ3n) is 12.4. The second kappa shape index (κ2) is 31.0. The van der Waals surface area contributed by atoms with Crippen LogP contribution >= 0.6 is 0 Å². The fraction of sp³-hybridized carbons (Fsp3) is 0.739. The molecule has 72 heavy (non-hydrogen) atoms. The molecule has 0 aromatic rings. The highest BCUT2D eigenvalue weighted by Gasteiger charge is 2.41. The van der Waals surface area contributed by atoms with Gasteiger partial charge in [-0.25, -0.2) is 0 Å². The molecule has 11 amide bonds. The zero-order chi connectivity index (χ0) is 55.2. The normalized spacial score (nSPS) is 17.8. The maximum Gasteiger partial charge on any atom is 0.245 e. The van der Waals surface area contributed by atoms with Gasteiger partial charge in [-0.2, -0.15) is 0 Å². The highest BCUT2D eigenvalue weighted by Crippen LogP contribution is 2.21. The van der Waals surface area contributed by atoms with Crippen LogP contribution in [0.3, 0.4) is 0 Å². The first-order valence-corrected chi connectivity index (χ1v) is 24.6. The van der Waals surface area contributed by atoms with Crippen molar-refractivity contribution in [2.45, 2.75) is 188 Å². The maximum absolute atomic E-state index is 14.2. The Kier molecular flexibility index (Phi) is 27.3. The minimum atomic E-state index is -1.67. The summed E-state index contributed by atoms with van der Waals surface area (Å²) in [5.41, 5.74) is 21.6. The summed E-state index contributed by atoms with van der Waals surface area (Å²) in [4.78, 5) is 151. The molecular formula is C46H82N14O12. The van der Waals surface area contributed by atoms with Gasteiger partial charge in [0, 0.05) is 20.0 Å². The summed E-state index contributed by atoms with van der Waals surface area (Å²) in [6.07, 6.45) is 0.0183. The summed E-state index contributed by atoms with van der Waals surface area (Å²) in [5.74, 6) is -10.4. The van der Waals surface area contributed by atoms with Gasteiger partial charge < -0.3 is 75.5 Å². The molecule has 17 N–H and O–H groups in total. The largest absolute Gasteiger partial charge is 0.391 e. The monoisotopic (exact) mass is 1020 g/mol. The molecule has 0 unspecified atom stereocenters. The average Bonchev–Trinajstić information content (AvgIpc) is 3.80. The first kappa shape index (κ1) is 63.4. The van der Waals surface area contributed by atoms with Gasteiger partial charge in [0.05, 0.1) is 12.5 Å². The Hall–Kier alpha value is -6.60. The van der Waals surface area contributed by atoms with E-state index in [1.165, 1.54) is 18.7 Å². The topological polar surface area (TPSA) is 424 Å². The lowest BCUT2D eigenvalue weighted by atomic mass is 9.95. The molecule has 0 aromatic heterocycles. The van der Waals surface area contributed by atoms with Gasteiger partial charge in [0.1, 0.15) is 54.4 Å². The number of aliphatic hydroxyl groups excluding tert-OH is 1. The molecule has 26 heteroatoms. The number of rotatable bonds is 31. The molecule has 0 aliphatic carbocycles. The highest BCUT2D eigenvalue weighted by atomic mass is 16.3. The summed E-state index contributed by atoms with van der Waals surface area (Å²) in [7, 11) is 0. The van der Waals surface area contributed by atoms with E-state index < -0.39 is 150 Å². The Morgan fingerprint density at radius 1 is 0.611 bits per heavy atom. The van der Waals surface area contributed by atoms with Gasteiger partial charge in [0.15, 0.2) is 5.96 Å². The van der Waals surface area contributed by atoms with Crippen LogP contribution in [0.4, 0.5) is 0 Å². The van der Waals surface area contributed by atoms with Crippen molar-refractivity contribution in [2.24, 2.45) is 45.7 Å². The van der Waals surface area contributed by atoms with Gasteiger partial charge in [-0.05, 0) is 63.7 Å². The maximum atomic E-state index is 14.2. The molecular weight excluding hydrogens is 941 g/mol. The first-order chi connectivity index (χ1) is 33.6. The standard InChI is InChI=1S/C46H82N14O12/c1-11-16-28(54-44(71)36(26(9)61)59-43(70)35(24(7)13-3)58-41(68)33(22(4)5)56-39(66)30(21-32(47)63)53-27(10)62)38(65)57-34(23(6)12-2)42(69)55-29(17-14-19-51-46(49)50)45(72)60-20-15-18-31(60)40(67)52-25(8)37(48)64/h22-26,28-31,33-36,61H,11-21H2,1-10H3,(H2,47,63)(H2,48,64)(H,52,67)(H,53,62)(H,54,71)(H,55,69)(H,56,66)(H,57,65)(H,58,68)(H,59,70)(H4,49,50,51)/t23-,24-,25+,26+,28-,29-,30-,31-,33-,34-,35+,36-/m0/s1. The third-order valence-corrected chi connectivity index (χ3v) is 12.4. The van der Waals surface area contributed by atoms with E-state index >= 15 is 0 Å². The third kappa shape index (κ3) is 20.6. The molecule has 408 valence electrons. The predicted molar refractivity (Wildman–Crippen MR) is 265 cm³/mol. The lowest BCUT2D eigenvalue weighted by Crippen LogP contribution is -2.63. The van der Waals surface area contributed by atoms with Gasteiger partial charge in [-0.15, -0.1) is 0 Å². The highest BCUT2D eigenvalue weighted by molar-refractivity contribution is 5.99. The van der Waals surface area contributed by atoms with Crippen LogP contribution in [0.25, 0.3) is 0 Å². The SMILES string of the molecule is CCC[C@H](NC(=O)[C@@H](NC(=O)[C@H](NC(=O)[C@@H](NC(=O)[C@H](CC(N)=O)NC(C)=O)C(C)C)[C@@H](C)CC)[C@@H](C)O)C(=O)N[C@H](C(=O)N[C@@H](CCCN=C(N)N)C(=O)N1CCC[C@H]1C(=O)N[C@H](C)C(N)=O)[C@@H](C)CC. The van der Waals surface area contributed by atoms with Crippen molar-refractivity contribution in [3.63, 3.8) is 0 Å². The van der Waals surface area contributed by atoms with E-state index in [2.05, 4.69) is 47.5 Å². The van der Waals surface area contributed by atoms with Gasteiger partial charge in [0.25, 0.3) is 0 Å². The van der Waals surface area contributed by atoms with E-state index in [0.29, 0.717) is 25.7 Å². The molecule has 0 saturated carbocycles. The lowest BCUT2D eigenvalue weighted by molar-refractivity contribution is -0.142. The zero-order valence-electron chi connectivity index (χ0n) is 43.4. The molecule has 1 aliphatic heterocycles. The number of hydrogen-bond donors (Lipinski definition) is 13. The molecule has 0 aromatic carbocycles. The van der Waals surface area contributed by atoms with Crippen molar-refractivity contribution in [1.82, 2.24) is 47.4 Å². The van der Waals surface area contributed by atoms with Crippen LogP contribution in [0.15, 0.2) is 4.99 Å². The number of nitrogens with one attached hydrogen (secondary N) is 8. The van der Waals surface area contributed by atoms with Gasteiger partial charge in [0.2, 0.25) is 65.0 Å². The molecule has 1 saturated heterocycles. The number of primary amides is 2. The van der Waals surface area contributed by atoms with Crippen LogP contribution in [-0.4, -0.2) is 155 Å². The number of amides is 11. The van der Waals surface area contributed by atoms with Crippen molar-refractivity contribution in [2.75, 3.05) is 13.1 Å². The molecule has 0 bridgehead atoms. The summed E-state index contributed by atoms with van der Waals surface area (Å²) in [5, 5.41) is 31.3. The fourth-order valence-corrected chi connectivity index (χ4v) is 7.72. The van der Waals surface area contributed by atoms with Crippen molar-refractivity contribution in [3.8, 4) is 0 Å². The van der Waals surface area contributed by atoms with Crippen LogP contribution in [0.2, 0.25) is 0 Å². The number of nitrogens with two attached hydrogens (primary N) is 4. The lowest BCUT2D eigenvalue weighted by Gasteiger charge is -2.32. The Morgan fingerprint density at radius 2 is 1.10 bits per heavy atom. The molecule has 12 atom stereocenters. The molecule has 0 spiro atoms. The summed E-state index contributed by atoms with van der Waals surface area (Å²) >= 11 is 0. The second-order valence-electron chi connectivity index (χ2n) is 18.8. The van der Waals surface area contributed by atoms with Crippen LogP contribution in [0.1, 0.15) is 127 Å². The van der Waals surface area contributed by atoms with E-state index in [1.807, 2.05) is 0 Å². The van der Waals surface area contributed by atoms with E-state index in [4.69, 9.17) is 22.9 Å². The van der Waals surface area contributed by atoms with E-state index in [0.717, 1.165) is 6.92 Å². The Labute approximate surface area is 421 Å². The van der Waals surface area contributed by atoms with Crippen molar-refractivity contribution in [3.05, 3.63) is 0 Å². The first-order valence-electron chi connectivity index (χ1n) is 24.6. The Balaban J connectivity index is 3.41. The van der Waals surface area contributed by atoms with Gasteiger partial charge >= 0.3 is 0 Å². The number of likely N-dealkylation sites (tertiary alicyclic amines) is 1. The molecule has 1 heterocycles. The van der Waals surface area contributed by atoms with Gasteiger partial charge in [-0.1, -0.05) is 67.7 Å². The summed E-state index contributed by atoms with van der Waals surface area (Å²) < 4.78 is 0. The predicted octanol–water partition coefficient (Wildman–Crippen LogP) is -3.76. The smallest absolute Gasteiger partial charge is 0.245 e. The number of aliphatic hydroxyl groups is 1. The number of nitrogens with zero attached hydrogens (tertiary/aromatic N) is 2. The fourth-order valence-electron chi connectivity index (χ4n) is 7.72. The number of carbonyl (C=O) groups is 11. The average molecular weight is 1020 g/mol. The Morgan fingerprint density at radius 3 is 1.58 bits per heavy atom. The number of aliphatic imine (C=N–C) groups is 1. The van der Waals surface area contributed by atoms with Crippen LogP contribution in [0, 0.1) is 17.8 Å².